The van der Waals surface area contributed by atoms with Crippen LogP contribution >= 0.6 is 0 Å². The molecule has 0 spiro atoms. The maximum absolute atomic E-state index is 12.8. The second-order valence-corrected chi connectivity index (χ2v) is 7.35. The van der Waals surface area contributed by atoms with E-state index in [0.29, 0.717) is 19.4 Å². The molecule has 0 heterocycles. The number of hydrogen-bond donors (Lipinski definition) is 9. The standard InChI is InChI=1S/C18H32N6O9/c1-8(25)14(18(32)33)24-17(31)11(7-12(21)26)23-16(30)10(4-2-3-5-19)22-15(29)9(20)6-13(27)28/h8-11,14,25H,2-7,19-20H2,1H3,(H2,21,26)(H,22,29)(H,23,30)(H,24,31)(H,27,28)(H,32,33). The van der Waals surface area contributed by atoms with Crippen LogP contribution in [0.25, 0.3) is 0 Å². The number of nitrogens with one attached hydrogen (secondary N) is 3. The van der Waals surface area contributed by atoms with E-state index in [9.17, 15) is 33.9 Å². The summed E-state index contributed by atoms with van der Waals surface area (Å²) in [6.07, 6.45) is -1.97. The highest BCUT2D eigenvalue weighted by atomic mass is 16.4. The average Bonchev–Trinajstić information content (AvgIpc) is 2.68. The zero-order chi connectivity index (χ0) is 25.7. The molecule has 0 aromatic carbocycles. The van der Waals surface area contributed by atoms with Gasteiger partial charge in [-0.05, 0) is 32.7 Å². The highest BCUT2D eigenvalue weighted by molar-refractivity contribution is 5.96. The van der Waals surface area contributed by atoms with Gasteiger partial charge in [-0.15, -0.1) is 0 Å². The Morgan fingerprint density at radius 3 is 1.85 bits per heavy atom. The number of aliphatic hydroxyl groups is 1. The third-order valence-corrected chi connectivity index (χ3v) is 4.40. The SMILES string of the molecule is CC(O)C(NC(=O)C(CC(N)=O)NC(=O)C(CCCCN)NC(=O)C(N)CC(=O)O)C(=O)O. The fourth-order valence-electron chi connectivity index (χ4n) is 2.65. The molecule has 0 aromatic heterocycles. The fourth-order valence-corrected chi connectivity index (χ4v) is 2.65. The van der Waals surface area contributed by atoms with Crippen molar-refractivity contribution in [2.75, 3.05) is 6.54 Å². The molecule has 5 unspecified atom stereocenters. The van der Waals surface area contributed by atoms with E-state index in [0.717, 1.165) is 6.92 Å². The second-order valence-electron chi connectivity index (χ2n) is 7.35. The quantitative estimate of drug-likeness (QED) is 0.0960. The van der Waals surface area contributed by atoms with Crippen LogP contribution in [0.1, 0.15) is 39.0 Å². The van der Waals surface area contributed by atoms with Crippen LogP contribution in [0.2, 0.25) is 0 Å². The molecule has 33 heavy (non-hydrogen) atoms. The van der Waals surface area contributed by atoms with Gasteiger partial charge in [-0.1, -0.05) is 0 Å². The predicted octanol–water partition coefficient (Wildman–Crippen LogP) is -4.29. The Morgan fingerprint density at radius 1 is 0.848 bits per heavy atom. The summed E-state index contributed by atoms with van der Waals surface area (Å²) in [5.41, 5.74) is 16.0. The fraction of sp³-hybridized carbons (Fsp3) is 0.667. The van der Waals surface area contributed by atoms with Crippen molar-refractivity contribution in [3.8, 4) is 0 Å². The van der Waals surface area contributed by atoms with Crippen LogP contribution in [0.3, 0.4) is 0 Å². The normalized spacial score (nSPS) is 15.3. The number of aliphatic hydroxyl groups excluding tert-OH is 1. The Kier molecular flexibility index (Phi) is 13.2. The molecule has 0 radical (unpaired) electrons. The van der Waals surface area contributed by atoms with E-state index in [2.05, 4.69) is 10.6 Å². The molecule has 4 amide bonds. The van der Waals surface area contributed by atoms with E-state index in [-0.39, 0.29) is 6.42 Å². The van der Waals surface area contributed by atoms with Gasteiger partial charge in [-0.2, -0.15) is 0 Å². The van der Waals surface area contributed by atoms with Crippen molar-refractivity contribution in [2.45, 2.75) is 69.3 Å². The first-order valence-electron chi connectivity index (χ1n) is 10.1. The molecule has 12 N–H and O–H groups in total. The lowest BCUT2D eigenvalue weighted by Gasteiger charge is -2.25. The van der Waals surface area contributed by atoms with E-state index >= 15 is 0 Å². The molecule has 0 fully saturated rings. The zero-order valence-electron chi connectivity index (χ0n) is 18.2. The number of primary amides is 1. The molecule has 0 aromatic rings. The molecule has 188 valence electrons. The third kappa shape index (κ3) is 11.8. The molecule has 0 saturated carbocycles. The Labute approximate surface area is 189 Å². The van der Waals surface area contributed by atoms with Crippen molar-refractivity contribution in [3.05, 3.63) is 0 Å². The minimum Gasteiger partial charge on any atom is -0.481 e. The molecule has 0 bridgehead atoms. The minimum absolute atomic E-state index is 0.0465. The Bertz CT molecular complexity index is 730. The highest BCUT2D eigenvalue weighted by Gasteiger charge is 2.32. The Hall–Kier alpha value is -3.30. The average molecular weight is 476 g/mol. The first kappa shape index (κ1) is 29.7. The van der Waals surface area contributed by atoms with E-state index < -0.39 is 78.7 Å². The summed E-state index contributed by atoms with van der Waals surface area (Å²) in [6, 6.07) is -6.05. The van der Waals surface area contributed by atoms with Crippen LogP contribution in [0.15, 0.2) is 0 Å². The molecule has 5 atom stereocenters. The number of rotatable bonds is 16. The van der Waals surface area contributed by atoms with Crippen LogP contribution in [0.5, 0.6) is 0 Å². The summed E-state index contributed by atoms with van der Waals surface area (Å²) >= 11 is 0. The van der Waals surface area contributed by atoms with Gasteiger partial charge in [0.1, 0.15) is 12.1 Å². The monoisotopic (exact) mass is 476 g/mol. The number of unbranched alkanes of at least 4 members (excludes halogenated alkanes) is 1. The van der Waals surface area contributed by atoms with Gasteiger partial charge in [-0.25, -0.2) is 4.79 Å². The van der Waals surface area contributed by atoms with Gasteiger partial charge in [0, 0.05) is 0 Å². The molecule has 0 aliphatic rings. The molecule has 15 heteroatoms. The summed E-state index contributed by atoms with van der Waals surface area (Å²) < 4.78 is 0. The van der Waals surface area contributed by atoms with E-state index in [1.807, 2.05) is 5.32 Å². The maximum Gasteiger partial charge on any atom is 0.328 e. The minimum atomic E-state index is -1.72. The lowest BCUT2D eigenvalue weighted by atomic mass is 10.1. The van der Waals surface area contributed by atoms with E-state index in [4.69, 9.17) is 27.4 Å². The number of hydrogen-bond acceptors (Lipinski definition) is 9. The third-order valence-electron chi connectivity index (χ3n) is 4.40. The van der Waals surface area contributed by atoms with Crippen molar-refractivity contribution in [1.82, 2.24) is 16.0 Å². The smallest absolute Gasteiger partial charge is 0.328 e. The van der Waals surface area contributed by atoms with Crippen LogP contribution in [0, 0.1) is 0 Å². The number of nitrogens with two attached hydrogens (primary N) is 3. The maximum atomic E-state index is 12.8. The first-order chi connectivity index (χ1) is 15.3. The van der Waals surface area contributed by atoms with Gasteiger partial charge < -0.3 is 48.5 Å². The van der Waals surface area contributed by atoms with Gasteiger partial charge in [0.05, 0.1) is 25.0 Å². The van der Waals surface area contributed by atoms with Crippen molar-refractivity contribution in [1.29, 1.82) is 0 Å². The Morgan fingerprint density at radius 2 is 1.39 bits per heavy atom. The van der Waals surface area contributed by atoms with Crippen molar-refractivity contribution in [2.24, 2.45) is 17.2 Å². The van der Waals surface area contributed by atoms with Crippen LogP contribution < -0.4 is 33.2 Å². The molecule has 0 aliphatic heterocycles. The molecule has 0 aliphatic carbocycles. The van der Waals surface area contributed by atoms with Crippen LogP contribution in [-0.4, -0.2) is 87.7 Å². The molecule has 15 nitrogen and oxygen atoms in total. The number of carbonyl (C=O) groups is 6. The lowest BCUT2D eigenvalue weighted by molar-refractivity contribution is -0.145. The van der Waals surface area contributed by atoms with Gasteiger partial charge in [0.15, 0.2) is 6.04 Å². The predicted molar refractivity (Wildman–Crippen MR) is 112 cm³/mol. The number of carbonyl (C=O) groups excluding carboxylic acids is 4. The molecular formula is C18H32N6O9. The first-order valence-corrected chi connectivity index (χ1v) is 10.1. The summed E-state index contributed by atoms with van der Waals surface area (Å²) in [5, 5.41) is 33.9. The number of carboxylic acid groups (broad SMARTS) is 2. The van der Waals surface area contributed by atoms with E-state index in [1.54, 1.807) is 0 Å². The molecule has 0 rings (SSSR count). The largest absolute Gasteiger partial charge is 0.481 e. The number of carboxylic acids is 2. The number of aliphatic carboxylic acids is 2. The summed E-state index contributed by atoms with van der Waals surface area (Å²) in [4.78, 5) is 70.7. The topological polar surface area (TPSA) is 277 Å². The second kappa shape index (κ2) is 14.7. The molecular weight excluding hydrogens is 444 g/mol. The lowest BCUT2D eigenvalue weighted by Crippen LogP contribution is -2.59. The molecule has 0 saturated heterocycles. The van der Waals surface area contributed by atoms with Gasteiger partial charge in [0.25, 0.3) is 0 Å². The zero-order valence-corrected chi connectivity index (χ0v) is 18.2. The van der Waals surface area contributed by atoms with E-state index in [1.165, 1.54) is 0 Å². The number of amides is 4. The van der Waals surface area contributed by atoms with Crippen molar-refractivity contribution in [3.63, 3.8) is 0 Å². The van der Waals surface area contributed by atoms with Gasteiger partial charge in [0.2, 0.25) is 23.6 Å². The summed E-state index contributed by atoms with van der Waals surface area (Å²) in [6.45, 7) is 1.41. The van der Waals surface area contributed by atoms with Crippen LogP contribution in [-0.2, 0) is 28.8 Å². The highest BCUT2D eigenvalue weighted by Crippen LogP contribution is 2.05. The van der Waals surface area contributed by atoms with Crippen LogP contribution in [0.4, 0.5) is 0 Å². The van der Waals surface area contributed by atoms with Crippen molar-refractivity contribution >= 4 is 35.6 Å². The van der Waals surface area contributed by atoms with Crippen molar-refractivity contribution < 1.29 is 44.1 Å². The Balaban J connectivity index is 5.53. The van der Waals surface area contributed by atoms with Gasteiger partial charge in [-0.3, -0.25) is 24.0 Å². The summed E-state index contributed by atoms with van der Waals surface area (Å²) in [5.74, 6) is -6.83. The van der Waals surface area contributed by atoms with Gasteiger partial charge >= 0.3 is 11.9 Å². The summed E-state index contributed by atoms with van der Waals surface area (Å²) in [7, 11) is 0.